The van der Waals surface area contributed by atoms with Gasteiger partial charge in [-0.3, -0.25) is 9.59 Å². The lowest BCUT2D eigenvalue weighted by atomic mass is 10.1. The van der Waals surface area contributed by atoms with Crippen molar-refractivity contribution < 1.29 is 9.59 Å². The molecule has 4 nitrogen and oxygen atoms in total. The number of carbonyl (C=O) groups is 2. The standard InChI is InChI=1S/C19H21ClN2O2/c1-14-3-5-16(6-4-14)11-21-19(24)13-22(15(2)23)12-17-7-9-18(20)10-8-17/h3-10H,11-13H2,1-2H3,(H,21,24). The number of nitrogens with one attached hydrogen (secondary N) is 1. The molecule has 5 heteroatoms. The fraction of sp³-hybridized carbons (Fsp3) is 0.263. The van der Waals surface area contributed by atoms with Crippen LogP contribution in [0.25, 0.3) is 0 Å². The molecule has 24 heavy (non-hydrogen) atoms. The number of aryl methyl sites for hydroxylation is 1. The molecule has 0 radical (unpaired) electrons. The Bertz CT molecular complexity index is 696. The molecule has 2 amide bonds. The Morgan fingerprint density at radius 3 is 2.17 bits per heavy atom. The van der Waals surface area contributed by atoms with Gasteiger partial charge in [-0.1, -0.05) is 53.6 Å². The van der Waals surface area contributed by atoms with Gasteiger partial charge in [0.2, 0.25) is 11.8 Å². The molecule has 0 aliphatic carbocycles. The first kappa shape index (κ1) is 18.0. The summed E-state index contributed by atoms with van der Waals surface area (Å²) < 4.78 is 0. The van der Waals surface area contributed by atoms with E-state index in [-0.39, 0.29) is 18.4 Å². The van der Waals surface area contributed by atoms with E-state index in [4.69, 9.17) is 11.6 Å². The second-order valence-corrected chi connectivity index (χ2v) is 6.20. The second kappa shape index (κ2) is 8.50. The largest absolute Gasteiger partial charge is 0.350 e. The van der Waals surface area contributed by atoms with Crippen LogP contribution in [0.4, 0.5) is 0 Å². The number of carbonyl (C=O) groups excluding carboxylic acids is 2. The van der Waals surface area contributed by atoms with E-state index in [0.717, 1.165) is 11.1 Å². The molecule has 0 saturated heterocycles. The van der Waals surface area contributed by atoms with Crippen LogP contribution < -0.4 is 5.32 Å². The quantitative estimate of drug-likeness (QED) is 0.874. The zero-order valence-electron chi connectivity index (χ0n) is 13.9. The minimum absolute atomic E-state index is 0.0316. The summed E-state index contributed by atoms with van der Waals surface area (Å²) in [6.45, 7) is 4.34. The highest BCUT2D eigenvalue weighted by molar-refractivity contribution is 6.30. The summed E-state index contributed by atoms with van der Waals surface area (Å²) in [6.07, 6.45) is 0. The lowest BCUT2D eigenvalue weighted by molar-refractivity contribution is -0.135. The highest BCUT2D eigenvalue weighted by Gasteiger charge is 2.14. The van der Waals surface area contributed by atoms with Crippen molar-refractivity contribution >= 4 is 23.4 Å². The molecule has 2 aromatic rings. The van der Waals surface area contributed by atoms with E-state index in [2.05, 4.69) is 5.32 Å². The molecule has 0 bridgehead atoms. The van der Waals surface area contributed by atoms with Crippen LogP contribution in [0.5, 0.6) is 0 Å². The van der Waals surface area contributed by atoms with Crippen molar-refractivity contribution in [1.82, 2.24) is 10.2 Å². The maximum atomic E-state index is 12.1. The summed E-state index contributed by atoms with van der Waals surface area (Å²) in [6, 6.07) is 15.2. The summed E-state index contributed by atoms with van der Waals surface area (Å²) in [4.78, 5) is 25.4. The predicted octanol–water partition coefficient (Wildman–Crippen LogP) is 3.31. The number of amides is 2. The maximum absolute atomic E-state index is 12.1. The van der Waals surface area contributed by atoms with E-state index < -0.39 is 0 Å². The first-order valence-corrected chi connectivity index (χ1v) is 8.14. The van der Waals surface area contributed by atoms with E-state index in [9.17, 15) is 9.59 Å². The summed E-state index contributed by atoms with van der Waals surface area (Å²) in [5.41, 5.74) is 3.14. The molecule has 126 valence electrons. The maximum Gasteiger partial charge on any atom is 0.239 e. The smallest absolute Gasteiger partial charge is 0.239 e. The van der Waals surface area contributed by atoms with Crippen molar-refractivity contribution in [2.45, 2.75) is 26.9 Å². The molecule has 2 aromatic carbocycles. The molecular weight excluding hydrogens is 324 g/mol. The van der Waals surface area contributed by atoms with Crippen molar-refractivity contribution in [3.63, 3.8) is 0 Å². The van der Waals surface area contributed by atoms with Crippen LogP contribution in [-0.4, -0.2) is 23.3 Å². The second-order valence-electron chi connectivity index (χ2n) is 5.76. The number of rotatable bonds is 6. The highest BCUT2D eigenvalue weighted by atomic mass is 35.5. The normalized spacial score (nSPS) is 10.3. The monoisotopic (exact) mass is 344 g/mol. The first-order valence-electron chi connectivity index (χ1n) is 7.76. The molecule has 0 saturated carbocycles. The number of halogens is 1. The Kier molecular flexibility index (Phi) is 6.38. The van der Waals surface area contributed by atoms with E-state index in [1.807, 2.05) is 43.3 Å². The lowest BCUT2D eigenvalue weighted by Crippen LogP contribution is -2.39. The van der Waals surface area contributed by atoms with Gasteiger partial charge in [0.15, 0.2) is 0 Å². The lowest BCUT2D eigenvalue weighted by Gasteiger charge is -2.20. The van der Waals surface area contributed by atoms with Gasteiger partial charge in [0.1, 0.15) is 0 Å². The van der Waals surface area contributed by atoms with Crippen molar-refractivity contribution in [2.24, 2.45) is 0 Å². The third kappa shape index (κ3) is 5.70. The molecule has 0 heterocycles. The zero-order chi connectivity index (χ0) is 17.5. The summed E-state index contributed by atoms with van der Waals surface area (Å²) in [5, 5.41) is 3.49. The summed E-state index contributed by atoms with van der Waals surface area (Å²) in [7, 11) is 0. The molecule has 2 rings (SSSR count). The zero-order valence-corrected chi connectivity index (χ0v) is 14.6. The van der Waals surface area contributed by atoms with Gasteiger partial charge in [-0.05, 0) is 30.2 Å². The molecule has 0 unspecified atom stereocenters. The molecule has 0 aliphatic rings. The molecule has 0 atom stereocenters. The first-order chi connectivity index (χ1) is 11.4. The van der Waals surface area contributed by atoms with Crippen molar-refractivity contribution in [2.75, 3.05) is 6.54 Å². The summed E-state index contributed by atoms with van der Waals surface area (Å²) >= 11 is 5.86. The minimum atomic E-state index is -0.181. The number of benzene rings is 2. The average molecular weight is 345 g/mol. The molecule has 0 aromatic heterocycles. The van der Waals surface area contributed by atoms with Crippen LogP contribution in [0, 0.1) is 6.92 Å². The third-order valence-corrected chi connectivity index (χ3v) is 3.93. The Morgan fingerprint density at radius 1 is 1.00 bits per heavy atom. The van der Waals surface area contributed by atoms with Crippen LogP contribution in [0.1, 0.15) is 23.6 Å². The summed E-state index contributed by atoms with van der Waals surface area (Å²) in [5.74, 6) is -0.324. The van der Waals surface area contributed by atoms with Gasteiger partial charge >= 0.3 is 0 Å². The minimum Gasteiger partial charge on any atom is -0.350 e. The average Bonchev–Trinajstić information content (AvgIpc) is 2.55. The number of hydrogen-bond acceptors (Lipinski definition) is 2. The molecule has 0 aliphatic heterocycles. The number of nitrogens with zero attached hydrogens (tertiary/aromatic N) is 1. The Labute approximate surface area is 147 Å². The Hall–Kier alpha value is -2.33. The SMILES string of the molecule is CC(=O)N(CC(=O)NCc1ccc(C)cc1)Cc1ccc(Cl)cc1. The third-order valence-electron chi connectivity index (χ3n) is 3.68. The van der Waals surface area contributed by atoms with Crippen LogP contribution >= 0.6 is 11.6 Å². The van der Waals surface area contributed by atoms with Gasteiger partial charge in [-0.15, -0.1) is 0 Å². The molecular formula is C19H21ClN2O2. The molecule has 1 N–H and O–H groups in total. The fourth-order valence-electron chi connectivity index (χ4n) is 2.22. The van der Waals surface area contributed by atoms with E-state index in [0.29, 0.717) is 18.1 Å². The Morgan fingerprint density at radius 2 is 1.58 bits per heavy atom. The fourth-order valence-corrected chi connectivity index (χ4v) is 2.35. The van der Waals surface area contributed by atoms with E-state index in [1.54, 1.807) is 12.1 Å². The van der Waals surface area contributed by atoms with E-state index >= 15 is 0 Å². The topological polar surface area (TPSA) is 49.4 Å². The van der Waals surface area contributed by atoms with Gasteiger partial charge in [0, 0.05) is 25.0 Å². The van der Waals surface area contributed by atoms with Gasteiger partial charge in [-0.2, -0.15) is 0 Å². The van der Waals surface area contributed by atoms with Gasteiger partial charge in [0.05, 0.1) is 6.54 Å². The van der Waals surface area contributed by atoms with Crippen LogP contribution in [0.15, 0.2) is 48.5 Å². The number of hydrogen-bond donors (Lipinski definition) is 1. The van der Waals surface area contributed by atoms with Crippen molar-refractivity contribution in [3.05, 3.63) is 70.2 Å². The Balaban J connectivity index is 1.89. The molecule has 0 fully saturated rings. The molecule has 0 spiro atoms. The van der Waals surface area contributed by atoms with Crippen molar-refractivity contribution in [1.29, 1.82) is 0 Å². The van der Waals surface area contributed by atoms with Crippen LogP contribution in [0.3, 0.4) is 0 Å². The highest BCUT2D eigenvalue weighted by Crippen LogP contribution is 2.11. The van der Waals surface area contributed by atoms with Gasteiger partial charge in [-0.25, -0.2) is 0 Å². The predicted molar refractivity (Wildman–Crippen MR) is 95.6 cm³/mol. The van der Waals surface area contributed by atoms with Crippen LogP contribution in [-0.2, 0) is 22.7 Å². The van der Waals surface area contributed by atoms with Gasteiger partial charge in [0.25, 0.3) is 0 Å². The van der Waals surface area contributed by atoms with Gasteiger partial charge < -0.3 is 10.2 Å². The van der Waals surface area contributed by atoms with Crippen molar-refractivity contribution in [3.8, 4) is 0 Å². The van der Waals surface area contributed by atoms with Crippen LogP contribution in [0.2, 0.25) is 5.02 Å². The van der Waals surface area contributed by atoms with E-state index in [1.165, 1.54) is 17.4 Å².